The molecule has 0 spiro atoms. The molecule has 2 aromatic carbocycles. The summed E-state index contributed by atoms with van der Waals surface area (Å²) in [5.41, 5.74) is -0.328. The van der Waals surface area contributed by atoms with Crippen molar-refractivity contribution in [1.29, 1.82) is 0 Å². The van der Waals surface area contributed by atoms with Crippen LogP contribution in [-0.2, 0) is 4.74 Å². The molecule has 2 atom stereocenters. The second-order valence-corrected chi connectivity index (χ2v) is 7.04. The molecule has 28 heavy (non-hydrogen) atoms. The topological polar surface area (TPSA) is 66.4 Å². The highest BCUT2D eigenvalue weighted by atomic mass is 35.5. The van der Waals surface area contributed by atoms with E-state index < -0.39 is 0 Å². The number of morpholine rings is 1. The number of halogens is 1. The fourth-order valence-corrected chi connectivity index (χ4v) is 3.07. The van der Waals surface area contributed by atoms with Crippen molar-refractivity contribution in [2.45, 2.75) is 5.50 Å². The molecule has 1 aliphatic rings. The Hall–Kier alpha value is -2.74. The van der Waals surface area contributed by atoms with Crippen LogP contribution < -0.4 is 14.0 Å². The van der Waals surface area contributed by atoms with E-state index in [4.69, 9.17) is 25.8 Å². The number of hydrogen-bond donors (Lipinski definition) is 0. The molecular weight excluding hydrogens is 380 g/mol. The molecule has 1 aliphatic heterocycles. The number of rotatable bonds is 5. The van der Waals surface area contributed by atoms with Gasteiger partial charge in [-0.2, -0.15) is 0 Å². The molecule has 0 bridgehead atoms. The second-order valence-electron chi connectivity index (χ2n) is 6.53. The van der Waals surface area contributed by atoms with Gasteiger partial charge in [0.1, 0.15) is 24.7 Å². The highest BCUT2D eigenvalue weighted by Crippen LogP contribution is 2.30. The Balaban J connectivity index is 1.72. The summed E-state index contributed by atoms with van der Waals surface area (Å²) in [6, 6.07) is 19.0. The van der Waals surface area contributed by atoms with Gasteiger partial charge in [0, 0.05) is 0 Å². The van der Waals surface area contributed by atoms with Crippen molar-refractivity contribution in [3.05, 3.63) is 60.7 Å². The maximum absolute atomic E-state index is 6.55. The van der Waals surface area contributed by atoms with Gasteiger partial charge in [0.2, 0.25) is 0 Å². The van der Waals surface area contributed by atoms with Crippen molar-refractivity contribution >= 4 is 17.5 Å². The maximum Gasteiger partial charge on any atom is 0.339 e. The van der Waals surface area contributed by atoms with Crippen LogP contribution in [0.1, 0.15) is 0 Å². The van der Waals surface area contributed by atoms with E-state index in [1.54, 1.807) is 0 Å². The zero-order valence-corrected chi connectivity index (χ0v) is 16.1. The van der Waals surface area contributed by atoms with E-state index >= 15 is 0 Å². The summed E-state index contributed by atoms with van der Waals surface area (Å²) in [5.74, 6) is 1.71. The zero-order valence-electron chi connectivity index (χ0n) is 15.4. The summed E-state index contributed by atoms with van der Waals surface area (Å²) < 4.78 is 17.4. The van der Waals surface area contributed by atoms with Gasteiger partial charge in [-0.25, -0.2) is 4.48 Å². The van der Waals surface area contributed by atoms with Crippen LogP contribution in [0.3, 0.4) is 0 Å². The normalized spacial score (nSPS) is 21.9. The quantitative estimate of drug-likeness (QED) is 0.367. The lowest BCUT2D eigenvalue weighted by atomic mass is 10.3. The van der Waals surface area contributed by atoms with E-state index in [-0.39, 0.29) is 17.5 Å². The monoisotopic (exact) mass is 399 g/mol. The van der Waals surface area contributed by atoms with E-state index in [0.29, 0.717) is 41.7 Å². The van der Waals surface area contributed by atoms with Gasteiger partial charge in [0.15, 0.2) is 5.50 Å². The molecule has 0 radical (unpaired) electrons. The summed E-state index contributed by atoms with van der Waals surface area (Å²) in [6.07, 6.45) is 0. The highest BCUT2D eigenvalue weighted by Gasteiger charge is 2.41. The first-order chi connectivity index (χ1) is 13.6. The first kappa shape index (κ1) is 18.6. The van der Waals surface area contributed by atoms with Crippen LogP contribution in [0.2, 0.25) is 0 Å². The van der Waals surface area contributed by atoms with Crippen molar-refractivity contribution in [3.8, 4) is 23.5 Å². The van der Waals surface area contributed by atoms with Crippen LogP contribution in [0.15, 0.2) is 60.7 Å². The maximum atomic E-state index is 6.55. The molecule has 0 amide bonds. The fourth-order valence-electron chi connectivity index (χ4n) is 2.80. The molecule has 1 fully saturated rings. The third-order valence-corrected chi connectivity index (χ3v) is 5.07. The molecule has 3 aromatic rings. The largest absolute Gasteiger partial charge is 0.424 e. The summed E-state index contributed by atoms with van der Waals surface area (Å²) in [7, 11) is 1.97. The predicted octanol–water partition coefficient (Wildman–Crippen LogP) is 3.99. The number of likely N-dealkylation sites (N-methyl/N-ethyl adjacent to an activating group) is 1. The van der Waals surface area contributed by atoms with Crippen LogP contribution >= 0.6 is 11.6 Å². The number of hydrogen-bond acceptors (Lipinski definition) is 6. The molecule has 1 aromatic heterocycles. The molecule has 2 unspecified atom stereocenters. The van der Waals surface area contributed by atoms with Crippen molar-refractivity contribution < 1.29 is 14.2 Å². The Labute approximate surface area is 168 Å². The van der Waals surface area contributed by atoms with Gasteiger partial charge in [0.05, 0.1) is 13.7 Å². The summed E-state index contributed by atoms with van der Waals surface area (Å²) in [4.78, 5) is 13.4. The molecule has 0 saturated carbocycles. The van der Waals surface area contributed by atoms with Gasteiger partial charge >= 0.3 is 18.0 Å². The highest BCUT2D eigenvalue weighted by molar-refractivity contribution is 6.21. The average molecular weight is 400 g/mol. The summed E-state index contributed by atoms with van der Waals surface area (Å²) >= 11 is 6.55. The number of alkyl halides is 1. The van der Waals surface area contributed by atoms with Crippen LogP contribution in [0.4, 0.5) is 5.95 Å². The molecular formula is C20H20ClN4O3+. The van der Waals surface area contributed by atoms with E-state index in [1.165, 1.54) is 0 Å². The molecule has 1 saturated heterocycles. The molecule has 2 heterocycles. The zero-order chi connectivity index (χ0) is 19.4. The summed E-state index contributed by atoms with van der Waals surface area (Å²) in [5, 5.41) is 0. The van der Waals surface area contributed by atoms with Gasteiger partial charge in [-0.3, -0.25) is 0 Å². The van der Waals surface area contributed by atoms with E-state index in [2.05, 4.69) is 15.0 Å². The lowest BCUT2D eigenvalue weighted by Crippen LogP contribution is -2.58. The Morgan fingerprint density at radius 1 is 0.893 bits per heavy atom. The molecule has 8 heteroatoms. The van der Waals surface area contributed by atoms with Gasteiger partial charge in [-0.05, 0) is 24.3 Å². The number of para-hydroxylation sites is 2. The van der Waals surface area contributed by atoms with E-state index in [0.717, 1.165) is 0 Å². The standard InChI is InChI=1S/C20H20ClN4O3/c1-25(12-13-26-14-17(25)21)18-22-19(27-15-8-4-2-5-9-15)24-20(23-18)28-16-10-6-3-7-11-16/h2-11,17H,12-14H2,1H3/q+1. The number of quaternary nitrogens is 1. The number of benzene rings is 2. The van der Waals surface area contributed by atoms with Crippen LogP contribution in [0, 0.1) is 0 Å². The number of ether oxygens (including phenoxy) is 3. The van der Waals surface area contributed by atoms with Gasteiger partial charge < -0.3 is 14.2 Å². The second kappa shape index (κ2) is 8.10. The van der Waals surface area contributed by atoms with Crippen LogP contribution in [-0.4, -0.2) is 47.3 Å². The fraction of sp³-hybridized carbons (Fsp3) is 0.250. The Bertz CT molecular complexity index is 869. The van der Waals surface area contributed by atoms with Gasteiger partial charge in [0.25, 0.3) is 0 Å². The molecule has 7 nitrogen and oxygen atoms in total. The van der Waals surface area contributed by atoms with Crippen molar-refractivity contribution in [1.82, 2.24) is 19.4 Å². The SMILES string of the molecule is C[N+]1(c2nc(Oc3ccccc3)nc(Oc3ccccc3)n2)CCOCC1Cl. The van der Waals surface area contributed by atoms with Crippen LogP contribution in [0.25, 0.3) is 0 Å². The summed E-state index contributed by atoms with van der Waals surface area (Å²) in [6.45, 7) is 1.61. The molecule has 0 N–H and O–H groups in total. The Kier molecular flexibility index (Phi) is 5.38. The smallest absolute Gasteiger partial charge is 0.339 e. The minimum atomic E-state index is -0.328. The Morgan fingerprint density at radius 2 is 1.43 bits per heavy atom. The third kappa shape index (κ3) is 4.06. The first-order valence-corrected chi connectivity index (χ1v) is 9.37. The first-order valence-electron chi connectivity index (χ1n) is 8.93. The number of nitrogens with zero attached hydrogens (tertiary/aromatic N) is 4. The van der Waals surface area contributed by atoms with Gasteiger partial charge in [-0.15, -0.1) is 15.0 Å². The minimum absolute atomic E-state index is 0.150. The van der Waals surface area contributed by atoms with E-state index in [1.807, 2.05) is 67.7 Å². The lowest BCUT2D eigenvalue weighted by Gasteiger charge is -2.38. The third-order valence-electron chi connectivity index (χ3n) is 4.52. The Morgan fingerprint density at radius 3 is 1.93 bits per heavy atom. The lowest BCUT2D eigenvalue weighted by molar-refractivity contribution is 0.0341. The van der Waals surface area contributed by atoms with E-state index in [9.17, 15) is 0 Å². The van der Waals surface area contributed by atoms with Crippen molar-refractivity contribution in [3.63, 3.8) is 0 Å². The molecule has 4 rings (SSSR count). The molecule has 144 valence electrons. The van der Waals surface area contributed by atoms with Crippen molar-refractivity contribution in [2.75, 3.05) is 26.8 Å². The molecule has 0 aliphatic carbocycles. The average Bonchev–Trinajstić information content (AvgIpc) is 2.72. The predicted molar refractivity (Wildman–Crippen MR) is 106 cm³/mol. The van der Waals surface area contributed by atoms with Crippen molar-refractivity contribution in [2.24, 2.45) is 0 Å². The minimum Gasteiger partial charge on any atom is -0.424 e. The van der Waals surface area contributed by atoms with Gasteiger partial charge in [-0.1, -0.05) is 48.0 Å². The number of aromatic nitrogens is 3. The van der Waals surface area contributed by atoms with Crippen LogP contribution in [0.5, 0.6) is 23.5 Å².